The number of esters is 4. The molecule has 0 amide bonds. The smallest absolute Gasteiger partial charge is 0.308 e. The van der Waals surface area contributed by atoms with Crippen LogP contribution in [0.5, 0.6) is 34.5 Å². The number of carbonyl (C=O) groups is 5. The van der Waals surface area contributed by atoms with Crippen LogP contribution in [-0.2, 0) is 42.9 Å². The third-order valence-electron chi connectivity index (χ3n) is 18.9. The number of carboxylic acids is 1. The van der Waals surface area contributed by atoms with Crippen molar-refractivity contribution in [3.05, 3.63) is 172 Å². The second-order valence-electron chi connectivity index (χ2n) is 27.3. The number of β-amino-alcohol motifs (C(OH)–C–C–N with tert-alkyl or cyclic N) is 1. The van der Waals surface area contributed by atoms with E-state index < -0.39 is 70.0 Å². The quantitative estimate of drug-likeness (QED) is 0.0282. The highest BCUT2D eigenvalue weighted by atomic mass is 35.5. The number of methoxy groups -OCH3 is 2. The van der Waals surface area contributed by atoms with E-state index in [1.54, 1.807) is 72.8 Å². The molecule has 0 bridgehead atoms. The van der Waals surface area contributed by atoms with E-state index in [2.05, 4.69) is 9.47 Å². The van der Waals surface area contributed by atoms with E-state index >= 15 is 0 Å². The minimum absolute atomic E-state index is 0.0188. The van der Waals surface area contributed by atoms with Crippen LogP contribution in [0.4, 0.5) is 0 Å². The van der Waals surface area contributed by atoms with Gasteiger partial charge in [0, 0.05) is 126 Å². The summed E-state index contributed by atoms with van der Waals surface area (Å²) >= 11 is 18.9. The van der Waals surface area contributed by atoms with Crippen molar-refractivity contribution < 1.29 is 107 Å². The number of aliphatic hydroxyl groups is 3. The first-order valence-electron chi connectivity index (χ1n) is 36.9. The molecular formula is C83H96Cl3N3O25. The van der Waals surface area contributed by atoms with Crippen molar-refractivity contribution in [1.82, 2.24) is 14.7 Å². The molecule has 10 N–H and O–H groups in total. The number of fused-ring (bicyclic) bond motifs is 3. The molecule has 6 atom stereocenters. The molecule has 0 radical (unpaired) electrons. The fourth-order valence-electron chi connectivity index (χ4n) is 13.4. The Morgan fingerprint density at radius 2 is 0.728 bits per heavy atom. The normalized spacial score (nSPS) is 17.5. The Morgan fingerprint density at radius 3 is 1.02 bits per heavy atom. The summed E-state index contributed by atoms with van der Waals surface area (Å²) in [6.45, 7) is 8.56. The van der Waals surface area contributed by atoms with Crippen LogP contribution in [-0.4, -0.2) is 202 Å². The number of hydrogen-bond donors (Lipinski definition) is 10. The highest BCUT2D eigenvalue weighted by molar-refractivity contribution is 6.34. The van der Waals surface area contributed by atoms with Gasteiger partial charge in [-0.15, -0.1) is 0 Å². The molecule has 614 valence electrons. The van der Waals surface area contributed by atoms with Crippen molar-refractivity contribution in [1.29, 1.82) is 0 Å². The van der Waals surface area contributed by atoms with Crippen molar-refractivity contribution in [2.75, 3.05) is 87.8 Å². The number of carbonyl (C=O) groups excluding carboxylic acids is 4. The number of likely N-dealkylation sites (N-methyl/N-ethyl adjacent to an activating group) is 3. The number of ether oxygens (including phenoxy) is 4. The van der Waals surface area contributed by atoms with Crippen LogP contribution in [0.1, 0.15) is 126 Å². The maximum atomic E-state index is 13.0. The number of likely N-dealkylation sites (tertiary alicyclic amines) is 3. The molecule has 3 aliphatic heterocycles. The zero-order valence-corrected chi connectivity index (χ0v) is 66.6. The molecule has 3 aromatic heterocycles. The van der Waals surface area contributed by atoms with E-state index in [4.69, 9.17) is 72.8 Å². The molecule has 0 unspecified atom stereocenters. The number of carboxylic acid groups (broad SMARTS) is 1. The number of benzene rings is 6. The van der Waals surface area contributed by atoms with Crippen LogP contribution in [0.25, 0.3) is 66.9 Å². The number of halogens is 3. The van der Waals surface area contributed by atoms with Gasteiger partial charge < -0.3 is 98.0 Å². The van der Waals surface area contributed by atoms with E-state index in [1.807, 2.05) is 56.6 Å². The van der Waals surface area contributed by atoms with Gasteiger partial charge in [0.2, 0.25) is 0 Å². The Labute approximate surface area is 671 Å². The van der Waals surface area contributed by atoms with E-state index in [0.717, 1.165) is 37.6 Å². The van der Waals surface area contributed by atoms with E-state index in [9.17, 15) is 74.1 Å². The lowest BCUT2D eigenvalue weighted by atomic mass is 9.85. The lowest BCUT2D eigenvalue weighted by Crippen LogP contribution is -2.43. The fraction of sp³-hybridized carbons (Fsp3) is 0.398. The number of aliphatic hydroxyl groups excluding tert-OH is 3. The number of aromatic hydroxyl groups is 6. The standard InChI is InChI=1S/C25H26ClNO6.C24H24ClNO7.C21H20ClNO5.C5H10O2.C4H8O3.C4H8O2/c1-3-6-22(31)32-21-13-27(2)10-9-15(21)23-17(28)11-18(29)24-19(30)12-20(33-25(23)24)14-7-4-5-8-16(14)26;1-26-8-6-14(20(12-26)32-21(31)7-9-27)22-16(28)10-17(29)23-18(30)11-19(33-24(22)23)13-4-2-3-5-15(13)25;1-23-7-6-12(17(27)10-23)19-14(24)8-15(25)20-16(26)9-18(28-21(19)20)11-4-2-3-5-13(11)22;1-3-4-5(6)7-2;1-7-4(6)2-3-5;1-2-3-4(5)6/h4-5,7-8,11-12,15,21,28-29H,3,6,9-10,13H2,1-2H3;2-5,10-11,14,20,27-29H,6-9,12H2,1H3;2-5,8-9,12,17,24-25,27H,6-7,10H2,1H3;3-4H2,1-2H3;5H,2-3H2,1H3;2-3H2,1H3,(H,5,6)/t15-,21+;14-,20+;12-,17+;;;/m000.../s1. The van der Waals surface area contributed by atoms with Crippen LogP contribution in [0.3, 0.4) is 0 Å². The Morgan fingerprint density at radius 1 is 0.430 bits per heavy atom. The van der Waals surface area contributed by atoms with Gasteiger partial charge in [0.25, 0.3) is 0 Å². The molecule has 6 heterocycles. The highest BCUT2D eigenvalue weighted by Gasteiger charge is 2.39. The maximum absolute atomic E-state index is 13.0. The van der Waals surface area contributed by atoms with Crippen molar-refractivity contribution in [2.24, 2.45) is 0 Å². The van der Waals surface area contributed by atoms with E-state index in [1.165, 1.54) is 32.4 Å². The van der Waals surface area contributed by atoms with Crippen molar-refractivity contribution in [2.45, 2.75) is 127 Å². The Hall–Kier alpha value is -10.3. The maximum Gasteiger partial charge on any atom is 0.308 e. The second kappa shape index (κ2) is 43.3. The van der Waals surface area contributed by atoms with Crippen LogP contribution in [0.15, 0.2) is 137 Å². The Kier molecular flexibility index (Phi) is 34.5. The summed E-state index contributed by atoms with van der Waals surface area (Å²) in [4.78, 5) is 99.0. The monoisotopic (exact) mass is 1640 g/mol. The van der Waals surface area contributed by atoms with Gasteiger partial charge >= 0.3 is 29.8 Å². The predicted molar refractivity (Wildman–Crippen MR) is 429 cm³/mol. The summed E-state index contributed by atoms with van der Waals surface area (Å²) < 4.78 is 38.1. The van der Waals surface area contributed by atoms with Gasteiger partial charge in [-0.05, 0) is 116 Å². The van der Waals surface area contributed by atoms with Crippen molar-refractivity contribution >= 4 is 97.6 Å². The lowest BCUT2D eigenvalue weighted by molar-refractivity contribution is -0.154. The summed E-state index contributed by atoms with van der Waals surface area (Å²) in [5, 5.41) is 100. The zero-order valence-electron chi connectivity index (χ0n) is 64.4. The molecular weight excluding hydrogens is 1550 g/mol. The summed E-state index contributed by atoms with van der Waals surface area (Å²) in [7, 11) is 8.41. The number of phenolic OH excluding ortho intramolecular Hbond substituents is 6. The summed E-state index contributed by atoms with van der Waals surface area (Å²) in [6, 6.07) is 27.9. The first-order chi connectivity index (χ1) is 54.3. The van der Waals surface area contributed by atoms with Crippen LogP contribution in [0.2, 0.25) is 15.1 Å². The number of aliphatic carboxylic acids is 1. The van der Waals surface area contributed by atoms with E-state index in [-0.39, 0.29) is 128 Å². The molecule has 3 aliphatic rings. The third-order valence-corrected chi connectivity index (χ3v) is 19.8. The number of rotatable bonds is 18. The van der Waals surface area contributed by atoms with Crippen LogP contribution in [0, 0.1) is 0 Å². The van der Waals surface area contributed by atoms with Crippen LogP contribution >= 0.6 is 34.8 Å². The van der Waals surface area contributed by atoms with Gasteiger partial charge in [-0.25, -0.2) is 0 Å². The fourth-order valence-corrected chi connectivity index (χ4v) is 14.0. The molecule has 0 saturated carbocycles. The van der Waals surface area contributed by atoms with Gasteiger partial charge in [-0.1, -0.05) is 92.0 Å². The second-order valence-corrected chi connectivity index (χ2v) is 28.5. The summed E-state index contributed by atoms with van der Waals surface area (Å²) in [5.74, 6) is -4.64. The van der Waals surface area contributed by atoms with Gasteiger partial charge in [0.05, 0.1) is 61.4 Å². The molecule has 9 aromatic rings. The molecule has 28 nitrogen and oxygen atoms in total. The first-order valence-corrected chi connectivity index (χ1v) is 38.0. The largest absolute Gasteiger partial charge is 0.507 e. The Bertz CT molecular complexity index is 4810. The molecule has 0 spiro atoms. The molecule has 6 aromatic carbocycles. The van der Waals surface area contributed by atoms with E-state index in [0.29, 0.717) is 121 Å². The van der Waals surface area contributed by atoms with Gasteiger partial charge in [0.1, 0.15) is 96.9 Å². The van der Waals surface area contributed by atoms with Gasteiger partial charge in [0.15, 0.2) is 16.3 Å². The molecule has 12 rings (SSSR count). The number of piperidine rings is 3. The summed E-state index contributed by atoms with van der Waals surface area (Å²) in [5.41, 5.74) is 1.26. The highest BCUT2D eigenvalue weighted by Crippen LogP contribution is 2.48. The van der Waals surface area contributed by atoms with Crippen molar-refractivity contribution in [3.8, 4) is 68.5 Å². The predicted octanol–water partition coefficient (Wildman–Crippen LogP) is 12.6. The molecule has 3 fully saturated rings. The third kappa shape index (κ3) is 23.7. The molecule has 114 heavy (non-hydrogen) atoms. The molecule has 0 aliphatic carbocycles. The lowest BCUT2D eigenvalue weighted by Gasteiger charge is -2.36. The van der Waals surface area contributed by atoms with Crippen molar-refractivity contribution in [3.63, 3.8) is 0 Å². The molecule has 3 saturated heterocycles. The number of nitrogens with zero attached hydrogens (tertiary/aromatic N) is 3. The topological polar surface area (TPSA) is 425 Å². The zero-order chi connectivity index (χ0) is 83.8. The molecule has 31 heteroatoms. The average molecular weight is 1640 g/mol. The van der Waals surface area contributed by atoms with Crippen LogP contribution < -0.4 is 16.3 Å². The minimum Gasteiger partial charge on any atom is -0.507 e. The average Bonchev–Trinajstić information content (AvgIpc) is 0.758. The SMILES string of the molecule is CCCC(=O)O.CCCC(=O)OC.CCCC(=O)O[C@@H]1CN(C)CC[C@@H]1c1c(O)cc(O)c2c(=O)cc(-c3ccccc3Cl)oc12.CN1CC[C@H](c2c(O)cc(O)c3c(=O)cc(-c4ccccc4Cl)oc23)[C@H](O)C1.CN1CC[C@H](c2c(O)cc(O)c3c(=O)cc(-c4ccccc4Cl)oc23)[C@H](OC(=O)CCO)C1.COC(=O)CCO. The summed E-state index contributed by atoms with van der Waals surface area (Å²) in [6.07, 6.45) is 3.02. The van der Waals surface area contributed by atoms with Gasteiger partial charge in [-0.3, -0.25) is 38.4 Å². The number of phenols is 6. The number of hydrogen-bond acceptors (Lipinski definition) is 27. The first kappa shape index (κ1) is 90.9. The Balaban J connectivity index is 0.000000211. The van der Waals surface area contributed by atoms with Gasteiger partial charge in [-0.2, -0.15) is 0 Å². The minimum atomic E-state index is -0.744.